The number of thiophene rings is 1. The van der Waals surface area contributed by atoms with Crippen molar-refractivity contribution in [2.24, 2.45) is 0 Å². The van der Waals surface area contributed by atoms with E-state index in [1.807, 2.05) is 23.5 Å². The first-order chi connectivity index (χ1) is 22.7. The van der Waals surface area contributed by atoms with E-state index < -0.39 is 0 Å². The van der Waals surface area contributed by atoms with Crippen LogP contribution in [0.3, 0.4) is 0 Å². The first-order valence-corrected chi connectivity index (χ1v) is 16.2. The lowest BCUT2D eigenvalue weighted by molar-refractivity contribution is 0.628. The average Bonchev–Trinajstić information content (AvgIpc) is 3.65. The first-order valence-electron chi connectivity index (χ1n) is 15.4. The fourth-order valence-electron chi connectivity index (χ4n) is 6.80. The molecule has 4 heteroatoms. The lowest BCUT2D eigenvalue weighted by Gasteiger charge is -2.27. The predicted molar refractivity (Wildman–Crippen MR) is 194 cm³/mol. The monoisotopic (exact) mass is 610 g/mol. The number of halogens is 1. The van der Waals surface area contributed by atoms with Gasteiger partial charge in [0.15, 0.2) is 0 Å². The van der Waals surface area contributed by atoms with E-state index in [0.29, 0.717) is 0 Å². The molecule has 0 aliphatic carbocycles. The Hall–Kier alpha value is -5.71. The zero-order valence-corrected chi connectivity index (χ0v) is 25.6. The van der Waals surface area contributed by atoms with Gasteiger partial charge in [-0.25, -0.2) is 4.39 Å². The molecule has 0 saturated carbocycles. The average molecular weight is 611 g/mol. The molecule has 9 rings (SSSR count). The molecule has 0 unspecified atom stereocenters. The van der Waals surface area contributed by atoms with Gasteiger partial charge >= 0.3 is 0 Å². The van der Waals surface area contributed by atoms with Gasteiger partial charge in [0.2, 0.25) is 0 Å². The van der Waals surface area contributed by atoms with Gasteiger partial charge in [0, 0.05) is 37.9 Å². The van der Waals surface area contributed by atoms with Crippen molar-refractivity contribution in [3.05, 3.63) is 170 Å². The maximum atomic E-state index is 14.1. The van der Waals surface area contributed by atoms with E-state index >= 15 is 0 Å². The summed E-state index contributed by atoms with van der Waals surface area (Å²) in [5.41, 5.74) is 8.91. The largest absolute Gasteiger partial charge is 0.310 e. The number of hydrogen-bond acceptors (Lipinski definition) is 2. The van der Waals surface area contributed by atoms with Crippen LogP contribution in [0.1, 0.15) is 0 Å². The molecule has 2 heterocycles. The molecule has 0 spiro atoms. The van der Waals surface area contributed by atoms with Gasteiger partial charge in [0.25, 0.3) is 0 Å². The minimum atomic E-state index is -0.251. The Morgan fingerprint density at radius 1 is 0.522 bits per heavy atom. The van der Waals surface area contributed by atoms with Crippen LogP contribution in [0.15, 0.2) is 164 Å². The SMILES string of the molecule is Fc1ccc(N(c2cccc(-c3cccc4c3sc3c5ccccc5n(-c5ccccc5)c43)c2)c2cccc3ccccc23)cc1. The Morgan fingerprint density at radius 3 is 2.09 bits per heavy atom. The molecule has 46 heavy (non-hydrogen) atoms. The molecule has 0 radical (unpaired) electrons. The van der Waals surface area contributed by atoms with Crippen LogP contribution in [0.4, 0.5) is 21.5 Å². The Kier molecular flexibility index (Phi) is 6.22. The molecule has 0 N–H and O–H groups in total. The fraction of sp³-hybridized carbons (Fsp3) is 0. The highest BCUT2D eigenvalue weighted by atomic mass is 32.1. The number of anilines is 3. The standard InChI is InChI=1S/C42H27FN2S/c43-30-23-25-32(26-24-30)44(38-22-9-12-28-11-4-5-17-34(28)38)33-16-8-13-29(27-33)35-19-10-20-37-40-42(46-41(35)37)36-18-6-7-21-39(36)45(40)31-14-2-1-3-15-31/h1-27H. The van der Waals surface area contributed by atoms with Crippen molar-refractivity contribution in [3.63, 3.8) is 0 Å². The van der Waals surface area contributed by atoms with Gasteiger partial charge in [-0.1, -0.05) is 103 Å². The van der Waals surface area contributed by atoms with Gasteiger partial charge in [0.05, 0.1) is 21.4 Å². The molecule has 9 aromatic rings. The third-order valence-corrected chi connectivity index (χ3v) is 10.1. The summed E-state index contributed by atoms with van der Waals surface area (Å²) in [5, 5.41) is 4.80. The van der Waals surface area contributed by atoms with E-state index in [-0.39, 0.29) is 5.82 Å². The van der Waals surface area contributed by atoms with E-state index in [4.69, 9.17) is 0 Å². The third kappa shape index (κ3) is 4.22. The van der Waals surface area contributed by atoms with E-state index in [0.717, 1.165) is 39.1 Å². The number of fused-ring (bicyclic) bond motifs is 6. The van der Waals surface area contributed by atoms with Crippen LogP contribution >= 0.6 is 11.3 Å². The third-order valence-electron chi connectivity index (χ3n) is 8.82. The maximum absolute atomic E-state index is 14.1. The number of benzene rings is 7. The smallest absolute Gasteiger partial charge is 0.123 e. The van der Waals surface area contributed by atoms with E-state index in [1.165, 1.54) is 48.9 Å². The summed E-state index contributed by atoms with van der Waals surface area (Å²) >= 11 is 1.86. The summed E-state index contributed by atoms with van der Waals surface area (Å²) in [5.74, 6) is -0.251. The number of hydrogen-bond donors (Lipinski definition) is 0. The molecule has 0 bridgehead atoms. The molecule has 0 aliphatic heterocycles. The molecule has 2 nitrogen and oxygen atoms in total. The number of para-hydroxylation sites is 2. The van der Waals surface area contributed by atoms with Crippen molar-refractivity contribution in [2.45, 2.75) is 0 Å². The zero-order valence-electron chi connectivity index (χ0n) is 24.8. The lowest BCUT2D eigenvalue weighted by Crippen LogP contribution is -2.10. The summed E-state index contributed by atoms with van der Waals surface area (Å²) in [6.45, 7) is 0. The van der Waals surface area contributed by atoms with Gasteiger partial charge in [-0.2, -0.15) is 0 Å². The summed E-state index contributed by atoms with van der Waals surface area (Å²) in [4.78, 5) is 2.23. The Labute approximate surface area is 269 Å². The second-order valence-corrected chi connectivity index (χ2v) is 12.5. The predicted octanol–water partition coefficient (Wildman–Crippen LogP) is 12.4. The minimum absolute atomic E-state index is 0.251. The number of aromatic nitrogens is 1. The van der Waals surface area contributed by atoms with Gasteiger partial charge in [-0.15, -0.1) is 11.3 Å². The minimum Gasteiger partial charge on any atom is -0.310 e. The summed E-state index contributed by atoms with van der Waals surface area (Å²) in [6, 6.07) is 56.2. The van der Waals surface area contributed by atoms with Crippen molar-refractivity contribution in [1.29, 1.82) is 0 Å². The molecule has 2 aromatic heterocycles. The quantitative estimate of drug-likeness (QED) is 0.188. The topological polar surface area (TPSA) is 8.17 Å². The Bertz CT molecular complexity index is 2540. The zero-order chi connectivity index (χ0) is 30.6. The van der Waals surface area contributed by atoms with Crippen molar-refractivity contribution in [2.75, 3.05) is 4.90 Å². The molecular formula is C42H27FN2S. The number of nitrogens with zero attached hydrogens (tertiary/aromatic N) is 2. The molecule has 0 atom stereocenters. The van der Waals surface area contributed by atoms with Crippen LogP contribution in [0.2, 0.25) is 0 Å². The molecule has 0 fully saturated rings. The summed E-state index contributed by atoms with van der Waals surface area (Å²) in [7, 11) is 0. The van der Waals surface area contributed by atoms with Crippen LogP contribution in [-0.2, 0) is 0 Å². The van der Waals surface area contributed by atoms with Gasteiger partial charge in [-0.05, 0) is 77.2 Å². The second kappa shape index (κ2) is 10.7. The molecule has 218 valence electrons. The van der Waals surface area contributed by atoms with Crippen LogP contribution in [0, 0.1) is 5.82 Å². The summed E-state index contributed by atoms with van der Waals surface area (Å²) < 4.78 is 19.1. The van der Waals surface area contributed by atoms with Crippen molar-refractivity contribution in [3.8, 4) is 16.8 Å². The van der Waals surface area contributed by atoms with Crippen molar-refractivity contribution in [1.82, 2.24) is 4.57 Å². The van der Waals surface area contributed by atoms with Gasteiger partial charge in [0.1, 0.15) is 5.82 Å². The van der Waals surface area contributed by atoms with Crippen LogP contribution in [0.5, 0.6) is 0 Å². The molecule has 0 aliphatic rings. The van der Waals surface area contributed by atoms with E-state index in [9.17, 15) is 4.39 Å². The Balaban J connectivity index is 1.27. The molecule has 0 saturated heterocycles. The van der Waals surface area contributed by atoms with Gasteiger partial charge in [-0.3, -0.25) is 0 Å². The first kappa shape index (κ1) is 26.7. The van der Waals surface area contributed by atoms with Crippen LogP contribution in [-0.4, -0.2) is 4.57 Å². The van der Waals surface area contributed by atoms with Crippen molar-refractivity contribution < 1.29 is 4.39 Å². The van der Waals surface area contributed by atoms with E-state index in [2.05, 4.69) is 149 Å². The van der Waals surface area contributed by atoms with Gasteiger partial charge < -0.3 is 9.47 Å². The summed E-state index contributed by atoms with van der Waals surface area (Å²) in [6.07, 6.45) is 0. The normalized spacial score (nSPS) is 11.6. The highest BCUT2D eigenvalue weighted by Crippen LogP contribution is 2.46. The van der Waals surface area contributed by atoms with Crippen LogP contribution < -0.4 is 4.90 Å². The highest BCUT2D eigenvalue weighted by Gasteiger charge is 2.21. The lowest BCUT2D eigenvalue weighted by atomic mass is 10.0. The van der Waals surface area contributed by atoms with Crippen LogP contribution in [0.25, 0.3) is 58.8 Å². The Morgan fingerprint density at radius 2 is 1.22 bits per heavy atom. The maximum Gasteiger partial charge on any atom is 0.123 e. The molecular weight excluding hydrogens is 584 g/mol. The molecule has 0 amide bonds. The molecule has 7 aromatic carbocycles. The highest BCUT2D eigenvalue weighted by molar-refractivity contribution is 7.27. The van der Waals surface area contributed by atoms with E-state index in [1.54, 1.807) is 0 Å². The second-order valence-electron chi connectivity index (χ2n) is 11.5. The fourth-order valence-corrected chi connectivity index (χ4v) is 8.15. The number of rotatable bonds is 5. The van der Waals surface area contributed by atoms with Crippen molar-refractivity contribution >= 4 is 70.4 Å².